The second kappa shape index (κ2) is 7.16. The molecule has 1 fully saturated rings. The number of carbonyl (C=O) groups is 1. The molecular weight excluding hydrogens is 302 g/mol. The predicted molar refractivity (Wildman–Crippen MR) is 91.6 cm³/mol. The number of aryl methyl sites for hydroxylation is 1. The molecule has 2 heterocycles. The lowest BCUT2D eigenvalue weighted by molar-refractivity contribution is -0.128. The van der Waals surface area contributed by atoms with Crippen LogP contribution in [0.3, 0.4) is 0 Å². The molecule has 1 atom stereocenters. The number of rotatable bonds is 6. The quantitative estimate of drug-likeness (QED) is 0.812. The molecule has 1 saturated heterocycles. The summed E-state index contributed by atoms with van der Waals surface area (Å²) in [6, 6.07) is 8.52. The molecule has 1 aliphatic heterocycles. The van der Waals surface area contributed by atoms with Gasteiger partial charge in [0.15, 0.2) is 5.82 Å². The van der Waals surface area contributed by atoms with Gasteiger partial charge >= 0.3 is 0 Å². The van der Waals surface area contributed by atoms with Crippen LogP contribution in [-0.4, -0.2) is 27.5 Å². The fraction of sp³-hybridized carbons (Fsp3) is 0.526. The number of benzene rings is 1. The minimum absolute atomic E-state index is 0.0190. The van der Waals surface area contributed by atoms with E-state index in [-0.39, 0.29) is 11.8 Å². The topological polar surface area (TPSA) is 59.2 Å². The maximum atomic E-state index is 12.3. The maximum absolute atomic E-state index is 12.3. The highest BCUT2D eigenvalue weighted by molar-refractivity contribution is 5.79. The first-order valence-electron chi connectivity index (χ1n) is 8.76. The molecule has 0 N–H and O–H groups in total. The van der Waals surface area contributed by atoms with Crippen molar-refractivity contribution in [3.8, 4) is 0 Å². The Bertz CT molecular complexity index is 691. The van der Waals surface area contributed by atoms with Gasteiger partial charge < -0.3 is 9.42 Å². The van der Waals surface area contributed by atoms with Gasteiger partial charge in [-0.2, -0.15) is 4.98 Å². The van der Waals surface area contributed by atoms with Crippen LogP contribution >= 0.6 is 0 Å². The second-order valence-electron chi connectivity index (χ2n) is 6.87. The molecule has 24 heavy (non-hydrogen) atoms. The van der Waals surface area contributed by atoms with Crippen molar-refractivity contribution in [1.82, 2.24) is 15.0 Å². The standard InChI is InChI=1S/C19H25N3O2/c1-4-5-17-20-19(24-21-17)16-10-18(23)22(12-16)11-14-6-8-15(9-7-14)13(2)3/h6-9,13,16H,4-5,10-12H2,1-3H3. The van der Waals surface area contributed by atoms with E-state index in [1.54, 1.807) is 0 Å². The number of carbonyl (C=O) groups excluding carboxylic acids is 1. The van der Waals surface area contributed by atoms with Crippen molar-refractivity contribution < 1.29 is 9.32 Å². The van der Waals surface area contributed by atoms with Crippen molar-refractivity contribution in [3.05, 3.63) is 47.1 Å². The van der Waals surface area contributed by atoms with E-state index in [4.69, 9.17) is 4.52 Å². The highest BCUT2D eigenvalue weighted by Crippen LogP contribution is 2.28. The van der Waals surface area contributed by atoms with E-state index < -0.39 is 0 Å². The van der Waals surface area contributed by atoms with Gasteiger partial charge in [0.1, 0.15) is 0 Å². The Labute approximate surface area is 143 Å². The summed E-state index contributed by atoms with van der Waals surface area (Å²) in [5, 5.41) is 3.99. The first-order valence-corrected chi connectivity index (χ1v) is 8.76. The normalized spacial score (nSPS) is 17.9. The molecule has 1 aliphatic rings. The third kappa shape index (κ3) is 3.66. The number of aromatic nitrogens is 2. The molecule has 2 aromatic rings. The van der Waals surface area contributed by atoms with Gasteiger partial charge in [0.05, 0.1) is 5.92 Å². The summed E-state index contributed by atoms with van der Waals surface area (Å²) < 4.78 is 5.35. The third-order valence-corrected chi connectivity index (χ3v) is 4.54. The van der Waals surface area contributed by atoms with E-state index in [0.717, 1.165) is 24.2 Å². The Morgan fingerprint density at radius 1 is 1.29 bits per heavy atom. The van der Waals surface area contributed by atoms with Crippen LogP contribution in [0, 0.1) is 0 Å². The first kappa shape index (κ1) is 16.7. The van der Waals surface area contributed by atoms with Gasteiger partial charge in [0.25, 0.3) is 0 Å². The molecular formula is C19H25N3O2. The summed E-state index contributed by atoms with van der Waals surface area (Å²) in [7, 11) is 0. The zero-order valence-corrected chi connectivity index (χ0v) is 14.7. The largest absolute Gasteiger partial charge is 0.339 e. The molecule has 1 aromatic carbocycles. The Morgan fingerprint density at radius 3 is 2.71 bits per heavy atom. The lowest BCUT2D eigenvalue weighted by atomic mass is 10.0. The van der Waals surface area contributed by atoms with E-state index in [9.17, 15) is 4.79 Å². The van der Waals surface area contributed by atoms with Crippen molar-refractivity contribution >= 4 is 5.91 Å². The Kier molecular flexibility index (Phi) is 4.97. The van der Waals surface area contributed by atoms with Gasteiger partial charge in [-0.3, -0.25) is 4.79 Å². The molecule has 0 radical (unpaired) electrons. The number of amides is 1. The molecule has 1 unspecified atom stereocenters. The molecule has 0 saturated carbocycles. The first-order chi connectivity index (χ1) is 11.6. The summed E-state index contributed by atoms with van der Waals surface area (Å²) in [5.74, 6) is 2.03. The van der Waals surface area contributed by atoms with Gasteiger partial charge in [-0.15, -0.1) is 0 Å². The zero-order chi connectivity index (χ0) is 17.1. The summed E-state index contributed by atoms with van der Waals surface area (Å²) >= 11 is 0. The number of hydrogen-bond donors (Lipinski definition) is 0. The lowest BCUT2D eigenvalue weighted by Crippen LogP contribution is -2.24. The summed E-state index contributed by atoms with van der Waals surface area (Å²) in [5.41, 5.74) is 2.48. The molecule has 128 valence electrons. The van der Waals surface area contributed by atoms with E-state index in [1.807, 2.05) is 4.90 Å². The van der Waals surface area contributed by atoms with Crippen molar-refractivity contribution in [2.24, 2.45) is 0 Å². The Morgan fingerprint density at radius 2 is 2.04 bits per heavy atom. The molecule has 1 amide bonds. The fourth-order valence-corrected chi connectivity index (χ4v) is 3.08. The van der Waals surface area contributed by atoms with Crippen LogP contribution in [-0.2, 0) is 17.8 Å². The van der Waals surface area contributed by atoms with E-state index in [2.05, 4.69) is 55.2 Å². The molecule has 3 rings (SSSR count). The lowest BCUT2D eigenvalue weighted by Gasteiger charge is -2.16. The van der Waals surface area contributed by atoms with Gasteiger partial charge in [0, 0.05) is 25.9 Å². The summed E-state index contributed by atoms with van der Waals surface area (Å²) in [6.45, 7) is 7.74. The highest BCUT2D eigenvalue weighted by Gasteiger charge is 2.34. The highest BCUT2D eigenvalue weighted by atomic mass is 16.5. The van der Waals surface area contributed by atoms with Crippen LogP contribution in [0.2, 0.25) is 0 Å². The zero-order valence-electron chi connectivity index (χ0n) is 14.7. The minimum atomic E-state index is 0.0190. The van der Waals surface area contributed by atoms with Gasteiger partial charge in [-0.1, -0.05) is 50.2 Å². The number of hydrogen-bond acceptors (Lipinski definition) is 4. The molecule has 5 nitrogen and oxygen atoms in total. The average molecular weight is 327 g/mol. The molecule has 5 heteroatoms. The number of nitrogens with zero attached hydrogens (tertiary/aromatic N) is 3. The van der Waals surface area contributed by atoms with Crippen molar-refractivity contribution in [1.29, 1.82) is 0 Å². The SMILES string of the molecule is CCCc1noc(C2CC(=O)N(Cc3ccc(C(C)C)cc3)C2)n1. The smallest absolute Gasteiger partial charge is 0.232 e. The van der Waals surface area contributed by atoms with Gasteiger partial charge in [-0.25, -0.2) is 0 Å². The monoisotopic (exact) mass is 327 g/mol. The average Bonchev–Trinajstić information content (AvgIpc) is 3.16. The molecule has 0 bridgehead atoms. The van der Waals surface area contributed by atoms with Crippen LogP contribution in [0.4, 0.5) is 0 Å². The Hall–Kier alpha value is -2.17. The predicted octanol–water partition coefficient (Wildman–Crippen LogP) is 3.66. The van der Waals surface area contributed by atoms with E-state index >= 15 is 0 Å². The van der Waals surface area contributed by atoms with Crippen LogP contribution in [0.1, 0.15) is 68.3 Å². The summed E-state index contributed by atoms with van der Waals surface area (Å²) in [6.07, 6.45) is 2.26. The van der Waals surface area contributed by atoms with Gasteiger partial charge in [0.2, 0.25) is 11.8 Å². The second-order valence-corrected chi connectivity index (χ2v) is 6.87. The van der Waals surface area contributed by atoms with Crippen molar-refractivity contribution in [2.75, 3.05) is 6.54 Å². The molecule has 0 spiro atoms. The maximum Gasteiger partial charge on any atom is 0.232 e. The van der Waals surface area contributed by atoms with Crippen LogP contribution in [0.25, 0.3) is 0 Å². The van der Waals surface area contributed by atoms with Crippen LogP contribution < -0.4 is 0 Å². The Balaban J connectivity index is 1.63. The van der Waals surface area contributed by atoms with E-state index in [0.29, 0.717) is 31.3 Å². The molecule has 0 aliphatic carbocycles. The van der Waals surface area contributed by atoms with Crippen LogP contribution in [0.15, 0.2) is 28.8 Å². The third-order valence-electron chi connectivity index (χ3n) is 4.54. The van der Waals surface area contributed by atoms with E-state index in [1.165, 1.54) is 5.56 Å². The van der Waals surface area contributed by atoms with Crippen molar-refractivity contribution in [3.63, 3.8) is 0 Å². The van der Waals surface area contributed by atoms with Crippen molar-refractivity contribution in [2.45, 2.75) is 58.4 Å². The van der Waals surface area contributed by atoms with Crippen LogP contribution in [0.5, 0.6) is 0 Å². The molecule has 1 aromatic heterocycles. The van der Waals surface area contributed by atoms with Gasteiger partial charge in [-0.05, 0) is 23.5 Å². The number of likely N-dealkylation sites (tertiary alicyclic amines) is 1. The fourth-order valence-electron chi connectivity index (χ4n) is 3.08. The summed E-state index contributed by atoms with van der Waals surface area (Å²) in [4.78, 5) is 18.6. The minimum Gasteiger partial charge on any atom is -0.339 e.